The Labute approximate surface area is 162 Å². The molecule has 0 bridgehead atoms. The van der Waals surface area contributed by atoms with Gasteiger partial charge in [0.25, 0.3) is 0 Å². The molecule has 0 atom stereocenters. The predicted octanol–water partition coefficient (Wildman–Crippen LogP) is 3.99. The van der Waals surface area contributed by atoms with Crippen molar-refractivity contribution in [1.82, 2.24) is 0 Å². The molecule has 1 aromatic rings. The highest BCUT2D eigenvalue weighted by molar-refractivity contribution is 6.76. The van der Waals surface area contributed by atoms with Crippen LogP contribution >= 0.6 is 0 Å². The smallest absolute Gasteiger partial charge is 0.338 e. The third-order valence-electron chi connectivity index (χ3n) is 3.39. The molecule has 6 nitrogen and oxygen atoms in total. The van der Waals surface area contributed by atoms with Gasteiger partial charge in [0.1, 0.15) is 11.4 Å². The number of esters is 3. The highest BCUT2D eigenvalue weighted by Gasteiger charge is 2.21. The Morgan fingerprint density at radius 3 is 2.22 bits per heavy atom. The van der Waals surface area contributed by atoms with Crippen LogP contribution in [0.1, 0.15) is 43.6 Å². The summed E-state index contributed by atoms with van der Waals surface area (Å²) in [7, 11) is -1.30. The van der Waals surface area contributed by atoms with Crippen LogP contribution in [0.2, 0.25) is 25.7 Å². The zero-order valence-corrected chi connectivity index (χ0v) is 18.3. The van der Waals surface area contributed by atoms with E-state index in [2.05, 4.69) is 19.6 Å². The van der Waals surface area contributed by atoms with E-state index in [1.165, 1.54) is 25.1 Å². The molecule has 0 aliphatic rings. The summed E-state index contributed by atoms with van der Waals surface area (Å²) in [6.07, 6.45) is -0.115. The zero-order valence-electron chi connectivity index (χ0n) is 17.3. The Kier molecular flexibility index (Phi) is 7.77. The van der Waals surface area contributed by atoms with Gasteiger partial charge in [0, 0.05) is 20.6 Å². The molecule has 1 aromatic carbocycles. The SMILES string of the molecule is CC(=O)Oc1ccc(C(=O)OCC[Si](C)(C)C)cc1CC(=O)OC(C)(C)C. The van der Waals surface area contributed by atoms with Crippen LogP contribution in [0.4, 0.5) is 0 Å². The average Bonchev–Trinajstić information content (AvgIpc) is 2.45. The molecule has 0 spiro atoms. The fourth-order valence-electron chi connectivity index (χ4n) is 2.17. The van der Waals surface area contributed by atoms with Gasteiger partial charge in [0.15, 0.2) is 0 Å². The van der Waals surface area contributed by atoms with Crippen molar-refractivity contribution in [2.24, 2.45) is 0 Å². The Balaban J connectivity index is 2.97. The number of hydrogen-bond donors (Lipinski definition) is 0. The Morgan fingerprint density at radius 1 is 1.07 bits per heavy atom. The Bertz CT molecular complexity index is 697. The lowest BCUT2D eigenvalue weighted by atomic mass is 10.1. The van der Waals surface area contributed by atoms with Gasteiger partial charge in [-0.2, -0.15) is 0 Å². The summed E-state index contributed by atoms with van der Waals surface area (Å²) in [4.78, 5) is 35.8. The number of rotatable bonds is 7. The lowest BCUT2D eigenvalue weighted by Gasteiger charge is -2.20. The molecule has 0 saturated carbocycles. The number of hydrogen-bond acceptors (Lipinski definition) is 6. The van der Waals surface area contributed by atoms with Crippen molar-refractivity contribution in [3.8, 4) is 5.75 Å². The molecule has 0 N–H and O–H groups in total. The minimum Gasteiger partial charge on any atom is -0.462 e. The predicted molar refractivity (Wildman–Crippen MR) is 106 cm³/mol. The first-order chi connectivity index (χ1) is 12.3. The number of carbonyl (C=O) groups excluding carboxylic acids is 3. The van der Waals surface area contributed by atoms with E-state index in [1.54, 1.807) is 20.8 Å². The van der Waals surface area contributed by atoms with Crippen LogP contribution in [0, 0.1) is 0 Å². The van der Waals surface area contributed by atoms with Crippen LogP contribution in [0.5, 0.6) is 5.75 Å². The van der Waals surface area contributed by atoms with Gasteiger partial charge < -0.3 is 14.2 Å². The lowest BCUT2D eigenvalue weighted by molar-refractivity contribution is -0.154. The number of carbonyl (C=O) groups is 3. The van der Waals surface area contributed by atoms with E-state index in [4.69, 9.17) is 14.2 Å². The standard InChI is InChI=1S/C20H30O6Si/c1-14(21)25-17-9-8-15(19(23)24-10-11-27(5,6)7)12-16(17)13-18(22)26-20(2,3)4/h8-9,12H,10-11,13H2,1-7H3. The van der Waals surface area contributed by atoms with E-state index >= 15 is 0 Å². The molecule has 27 heavy (non-hydrogen) atoms. The molecular formula is C20H30O6Si. The third-order valence-corrected chi connectivity index (χ3v) is 5.09. The van der Waals surface area contributed by atoms with Crippen molar-refractivity contribution in [2.45, 2.75) is 65.4 Å². The van der Waals surface area contributed by atoms with Gasteiger partial charge in [-0.3, -0.25) is 9.59 Å². The van der Waals surface area contributed by atoms with Crippen LogP contribution in [0.15, 0.2) is 18.2 Å². The van der Waals surface area contributed by atoms with Crippen LogP contribution < -0.4 is 4.74 Å². The van der Waals surface area contributed by atoms with Crippen molar-refractivity contribution in [2.75, 3.05) is 6.61 Å². The quantitative estimate of drug-likeness (QED) is 0.395. The number of benzene rings is 1. The van der Waals surface area contributed by atoms with Crippen molar-refractivity contribution in [3.63, 3.8) is 0 Å². The second-order valence-corrected chi connectivity index (χ2v) is 14.2. The van der Waals surface area contributed by atoms with Crippen molar-refractivity contribution < 1.29 is 28.6 Å². The van der Waals surface area contributed by atoms with Gasteiger partial charge >= 0.3 is 17.9 Å². The third kappa shape index (κ3) is 9.37. The summed E-state index contributed by atoms with van der Waals surface area (Å²) in [5.74, 6) is -1.22. The second-order valence-electron chi connectivity index (χ2n) is 8.63. The molecule has 0 saturated heterocycles. The van der Waals surface area contributed by atoms with E-state index in [9.17, 15) is 14.4 Å². The molecule has 1 rings (SSSR count). The van der Waals surface area contributed by atoms with Crippen molar-refractivity contribution >= 4 is 26.0 Å². The Morgan fingerprint density at radius 2 is 1.70 bits per heavy atom. The van der Waals surface area contributed by atoms with Gasteiger partial charge in [-0.15, -0.1) is 0 Å². The molecule has 0 heterocycles. The fourth-order valence-corrected chi connectivity index (χ4v) is 2.88. The first-order valence-corrected chi connectivity index (χ1v) is 12.7. The topological polar surface area (TPSA) is 78.9 Å². The highest BCUT2D eigenvalue weighted by atomic mass is 28.3. The van der Waals surface area contributed by atoms with Crippen molar-refractivity contribution in [3.05, 3.63) is 29.3 Å². The van der Waals surface area contributed by atoms with E-state index < -0.39 is 31.6 Å². The van der Waals surface area contributed by atoms with Crippen LogP contribution in [-0.2, 0) is 25.5 Å². The molecule has 0 radical (unpaired) electrons. The van der Waals surface area contributed by atoms with E-state index in [0.29, 0.717) is 17.7 Å². The summed E-state index contributed by atoms with van der Waals surface area (Å²) in [5.41, 5.74) is 0.0747. The average molecular weight is 395 g/mol. The first-order valence-electron chi connectivity index (χ1n) is 8.97. The molecule has 7 heteroatoms. The first kappa shape index (κ1) is 22.9. The van der Waals surface area contributed by atoms with Crippen molar-refractivity contribution in [1.29, 1.82) is 0 Å². The Hall–Kier alpha value is -2.15. The minimum atomic E-state index is -1.30. The molecule has 0 aliphatic heterocycles. The largest absolute Gasteiger partial charge is 0.462 e. The minimum absolute atomic E-state index is 0.115. The van der Waals surface area contributed by atoms with Gasteiger partial charge in [-0.05, 0) is 45.0 Å². The molecule has 0 aliphatic carbocycles. The summed E-state index contributed by atoms with van der Waals surface area (Å²) in [5, 5.41) is 0. The summed E-state index contributed by atoms with van der Waals surface area (Å²) in [6.45, 7) is 13.5. The summed E-state index contributed by atoms with van der Waals surface area (Å²) in [6, 6.07) is 5.40. The fraction of sp³-hybridized carbons (Fsp3) is 0.550. The highest BCUT2D eigenvalue weighted by Crippen LogP contribution is 2.23. The molecule has 150 valence electrons. The van der Waals surface area contributed by atoms with E-state index in [1.807, 2.05) is 0 Å². The molecule has 0 unspecified atom stereocenters. The monoisotopic (exact) mass is 394 g/mol. The van der Waals surface area contributed by atoms with Gasteiger partial charge in [0.05, 0.1) is 18.6 Å². The maximum atomic E-state index is 12.3. The summed E-state index contributed by atoms with van der Waals surface area (Å²) >= 11 is 0. The van der Waals surface area contributed by atoms with E-state index in [0.717, 1.165) is 6.04 Å². The maximum Gasteiger partial charge on any atom is 0.338 e. The molecular weight excluding hydrogens is 364 g/mol. The molecule has 0 amide bonds. The number of ether oxygens (including phenoxy) is 3. The van der Waals surface area contributed by atoms with Crippen LogP contribution in [-0.4, -0.2) is 38.2 Å². The lowest BCUT2D eigenvalue weighted by Crippen LogP contribution is -2.25. The van der Waals surface area contributed by atoms with Crippen LogP contribution in [0.3, 0.4) is 0 Å². The van der Waals surface area contributed by atoms with E-state index in [-0.39, 0.29) is 12.2 Å². The van der Waals surface area contributed by atoms with Gasteiger partial charge in [0.2, 0.25) is 0 Å². The molecule has 0 aromatic heterocycles. The second kappa shape index (κ2) is 9.17. The van der Waals surface area contributed by atoms with Gasteiger partial charge in [-0.25, -0.2) is 4.79 Å². The summed E-state index contributed by atoms with van der Waals surface area (Å²) < 4.78 is 15.8. The van der Waals surface area contributed by atoms with Gasteiger partial charge in [-0.1, -0.05) is 19.6 Å². The normalized spacial score (nSPS) is 11.7. The van der Waals surface area contributed by atoms with Crippen LogP contribution in [0.25, 0.3) is 0 Å². The molecule has 0 fully saturated rings. The zero-order chi connectivity index (χ0) is 20.8. The maximum absolute atomic E-state index is 12.3.